The number of nitrogens with two attached hydrogens (primary N) is 1. The second-order valence-electron chi connectivity index (χ2n) is 5.45. The lowest BCUT2D eigenvalue weighted by Gasteiger charge is -2.39. The molecule has 0 radical (unpaired) electrons. The topological polar surface area (TPSA) is 56.4 Å². The van der Waals surface area contributed by atoms with Crippen molar-refractivity contribution in [2.45, 2.75) is 18.9 Å². The van der Waals surface area contributed by atoms with Crippen LogP contribution < -0.4 is 10.6 Å². The van der Waals surface area contributed by atoms with Crippen LogP contribution in [0.25, 0.3) is 0 Å². The first-order valence-corrected chi connectivity index (χ1v) is 7.68. The van der Waals surface area contributed by atoms with Gasteiger partial charge in [0.05, 0.1) is 10.2 Å². The van der Waals surface area contributed by atoms with Gasteiger partial charge in [-0.2, -0.15) is 0 Å². The Bertz CT molecular complexity index is 548. The van der Waals surface area contributed by atoms with Gasteiger partial charge in [-0.25, -0.2) is 4.39 Å². The smallest absolute Gasteiger partial charge is 0.161 e. The predicted molar refractivity (Wildman–Crippen MR) is 81.9 cm³/mol. The summed E-state index contributed by atoms with van der Waals surface area (Å²) < 4.78 is 14.8. The highest BCUT2D eigenvalue weighted by molar-refractivity contribution is 9.10. The fourth-order valence-corrected chi connectivity index (χ4v) is 3.75. The number of hydrogen-bond acceptors (Lipinski definition) is 3. The van der Waals surface area contributed by atoms with Crippen LogP contribution in [0, 0.1) is 11.2 Å². The van der Waals surface area contributed by atoms with Crippen LogP contribution in [-0.2, 0) is 0 Å². The van der Waals surface area contributed by atoms with Crippen LogP contribution in [0.2, 0.25) is 0 Å². The highest BCUT2D eigenvalue weighted by Gasteiger charge is 2.31. The molecule has 4 nitrogen and oxygen atoms in total. The Balaban J connectivity index is 1.87. The van der Waals surface area contributed by atoms with Crippen LogP contribution in [-0.4, -0.2) is 43.0 Å². The van der Waals surface area contributed by atoms with Gasteiger partial charge in [0.2, 0.25) is 0 Å². The fourth-order valence-electron chi connectivity index (χ4n) is 3.20. The Kier molecular flexibility index (Phi) is 3.69. The average molecular weight is 341 g/mol. The molecule has 2 saturated heterocycles. The number of halogens is 2. The summed E-state index contributed by atoms with van der Waals surface area (Å²) in [6, 6.07) is 4.00. The summed E-state index contributed by atoms with van der Waals surface area (Å²) in [6.07, 6.45) is 2.44. The first-order chi connectivity index (χ1) is 9.58. The van der Waals surface area contributed by atoms with E-state index in [2.05, 4.69) is 25.7 Å². The molecule has 0 bridgehead atoms. The summed E-state index contributed by atoms with van der Waals surface area (Å²) in [6.45, 7) is 3.90. The lowest BCUT2D eigenvalue weighted by Crippen LogP contribution is -2.50. The Morgan fingerprint density at radius 3 is 2.90 bits per heavy atom. The van der Waals surface area contributed by atoms with E-state index in [1.54, 1.807) is 12.1 Å². The minimum Gasteiger partial charge on any atom is -0.384 e. The number of fused-ring (bicyclic) bond motifs is 1. The molecule has 108 valence electrons. The summed E-state index contributed by atoms with van der Waals surface area (Å²) >= 11 is 3.22. The fraction of sp³-hybridized carbons (Fsp3) is 0.500. The highest BCUT2D eigenvalue weighted by atomic mass is 79.9. The molecule has 0 spiro atoms. The van der Waals surface area contributed by atoms with E-state index in [9.17, 15) is 4.39 Å². The molecule has 3 rings (SSSR count). The van der Waals surface area contributed by atoms with Gasteiger partial charge in [0, 0.05) is 31.2 Å². The van der Waals surface area contributed by atoms with Gasteiger partial charge in [-0.1, -0.05) is 0 Å². The summed E-state index contributed by atoms with van der Waals surface area (Å²) in [7, 11) is 0. The lowest BCUT2D eigenvalue weighted by molar-refractivity contribution is 0.230. The van der Waals surface area contributed by atoms with E-state index >= 15 is 0 Å². The van der Waals surface area contributed by atoms with Crippen LogP contribution >= 0.6 is 15.9 Å². The monoisotopic (exact) mass is 340 g/mol. The molecule has 0 aromatic heterocycles. The van der Waals surface area contributed by atoms with Crippen molar-refractivity contribution in [1.29, 1.82) is 5.41 Å². The molecule has 2 heterocycles. The molecule has 1 unspecified atom stereocenters. The van der Waals surface area contributed by atoms with Gasteiger partial charge >= 0.3 is 0 Å². The zero-order valence-corrected chi connectivity index (χ0v) is 12.8. The average Bonchev–Trinajstić information content (AvgIpc) is 2.88. The van der Waals surface area contributed by atoms with Crippen LogP contribution in [0.3, 0.4) is 0 Å². The molecule has 3 N–H and O–H groups in total. The van der Waals surface area contributed by atoms with Crippen molar-refractivity contribution in [1.82, 2.24) is 4.90 Å². The molecule has 0 aliphatic carbocycles. The number of rotatable bonds is 2. The van der Waals surface area contributed by atoms with Gasteiger partial charge in [0.1, 0.15) is 5.84 Å². The molecular formula is C14H18BrFN4. The third-order valence-corrected chi connectivity index (χ3v) is 5.06. The maximum Gasteiger partial charge on any atom is 0.161 e. The van der Waals surface area contributed by atoms with Crippen molar-refractivity contribution in [3.05, 3.63) is 28.0 Å². The summed E-state index contributed by atoms with van der Waals surface area (Å²) in [5.41, 5.74) is 6.46. The number of anilines is 1. The van der Waals surface area contributed by atoms with Crippen molar-refractivity contribution in [2.75, 3.05) is 31.1 Å². The van der Waals surface area contributed by atoms with E-state index < -0.39 is 0 Å². The van der Waals surface area contributed by atoms with E-state index in [1.165, 1.54) is 19.4 Å². The van der Waals surface area contributed by atoms with Gasteiger partial charge in [-0.05, 0) is 47.4 Å². The molecular weight excluding hydrogens is 323 g/mol. The van der Waals surface area contributed by atoms with E-state index in [4.69, 9.17) is 11.1 Å². The van der Waals surface area contributed by atoms with Crippen molar-refractivity contribution in [2.24, 2.45) is 5.73 Å². The molecule has 1 atom stereocenters. The number of piperazine rings is 1. The number of nitrogens with zero attached hydrogens (tertiary/aromatic N) is 2. The van der Waals surface area contributed by atoms with Gasteiger partial charge in [-0.15, -0.1) is 0 Å². The number of nitrogen functional groups attached to an aromatic ring is 1. The quantitative estimate of drug-likeness (QED) is 0.640. The summed E-state index contributed by atoms with van der Waals surface area (Å²) in [4.78, 5) is 4.60. The van der Waals surface area contributed by atoms with Gasteiger partial charge in [0.15, 0.2) is 5.82 Å². The van der Waals surface area contributed by atoms with E-state index in [0.29, 0.717) is 17.3 Å². The predicted octanol–water partition coefficient (Wildman–Crippen LogP) is 2.16. The van der Waals surface area contributed by atoms with Crippen molar-refractivity contribution < 1.29 is 4.39 Å². The Labute approximate surface area is 126 Å². The van der Waals surface area contributed by atoms with Gasteiger partial charge in [0.25, 0.3) is 0 Å². The Morgan fingerprint density at radius 2 is 2.15 bits per heavy atom. The summed E-state index contributed by atoms with van der Waals surface area (Å²) in [5, 5.41) is 7.45. The third kappa shape index (κ3) is 2.31. The minimum absolute atomic E-state index is 0.122. The van der Waals surface area contributed by atoms with Crippen molar-refractivity contribution >= 4 is 27.5 Å². The van der Waals surface area contributed by atoms with Crippen molar-refractivity contribution in [3.8, 4) is 0 Å². The standard InChI is InChI=1S/C14H18BrFN4/c15-12-10(14(17)18)3-4-11(13(12)16)20-7-6-19-5-1-2-9(19)8-20/h3-4,9H,1-2,5-8H2,(H3,17,18). The zero-order valence-electron chi connectivity index (χ0n) is 11.2. The molecule has 1 aromatic rings. The van der Waals surface area contributed by atoms with E-state index in [1.807, 2.05) is 0 Å². The number of hydrogen-bond donors (Lipinski definition) is 2. The second-order valence-corrected chi connectivity index (χ2v) is 6.24. The molecule has 2 fully saturated rings. The largest absolute Gasteiger partial charge is 0.384 e. The Morgan fingerprint density at radius 1 is 1.35 bits per heavy atom. The maximum absolute atomic E-state index is 14.5. The van der Waals surface area contributed by atoms with Crippen LogP contribution in [0.4, 0.5) is 10.1 Å². The van der Waals surface area contributed by atoms with Crippen LogP contribution in [0.15, 0.2) is 16.6 Å². The third-order valence-electron chi connectivity index (χ3n) is 4.28. The molecule has 6 heteroatoms. The molecule has 1 aromatic carbocycles. The highest BCUT2D eigenvalue weighted by Crippen LogP contribution is 2.32. The number of amidine groups is 1. The molecule has 0 amide bonds. The van der Waals surface area contributed by atoms with Gasteiger partial charge < -0.3 is 10.6 Å². The van der Waals surface area contributed by atoms with Crippen LogP contribution in [0.1, 0.15) is 18.4 Å². The number of benzene rings is 1. The number of nitrogens with one attached hydrogen (secondary N) is 1. The zero-order chi connectivity index (χ0) is 14.3. The molecule has 2 aliphatic heterocycles. The molecule has 20 heavy (non-hydrogen) atoms. The lowest BCUT2D eigenvalue weighted by atomic mass is 10.1. The summed E-state index contributed by atoms with van der Waals surface area (Å²) in [5.74, 6) is -0.438. The first-order valence-electron chi connectivity index (χ1n) is 6.89. The van der Waals surface area contributed by atoms with Crippen LogP contribution in [0.5, 0.6) is 0 Å². The minimum atomic E-state index is -0.316. The van der Waals surface area contributed by atoms with Gasteiger partial charge in [-0.3, -0.25) is 10.3 Å². The molecule has 2 aliphatic rings. The van der Waals surface area contributed by atoms with E-state index in [0.717, 1.165) is 19.6 Å². The normalized spacial score (nSPS) is 22.9. The SMILES string of the molecule is N=C(N)c1ccc(N2CCN3CCCC3C2)c(F)c1Br. The first kappa shape index (κ1) is 13.8. The van der Waals surface area contributed by atoms with Crippen molar-refractivity contribution in [3.63, 3.8) is 0 Å². The second kappa shape index (κ2) is 5.33. The Hall–Kier alpha value is -1.14. The molecule has 0 saturated carbocycles. The van der Waals surface area contributed by atoms with E-state index in [-0.39, 0.29) is 16.1 Å². The maximum atomic E-state index is 14.5.